The SMILES string of the molecule is CC(C)c1c(O)cc(-c2ccc(-c3ccccc3)o2)cc1O. The summed E-state index contributed by atoms with van der Waals surface area (Å²) >= 11 is 0. The second kappa shape index (κ2) is 5.60. The third kappa shape index (κ3) is 2.58. The lowest BCUT2D eigenvalue weighted by molar-refractivity contribution is 0.433. The van der Waals surface area contributed by atoms with Gasteiger partial charge in [-0.2, -0.15) is 0 Å². The second-order valence-corrected chi connectivity index (χ2v) is 5.61. The van der Waals surface area contributed by atoms with E-state index >= 15 is 0 Å². The summed E-state index contributed by atoms with van der Waals surface area (Å²) in [6.07, 6.45) is 0. The lowest BCUT2D eigenvalue weighted by Gasteiger charge is -2.12. The number of hydrogen-bond acceptors (Lipinski definition) is 3. The van der Waals surface area contributed by atoms with Crippen LogP contribution in [-0.2, 0) is 0 Å². The van der Waals surface area contributed by atoms with E-state index in [1.54, 1.807) is 12.1 Å². The molecule has 0 fully saturated rings. The molecule has 112 valence electrons. The summed E-state index contributed by atoms with van der Waals surface area (Å²) in [6, 6.07) is 16.8. The first-order valence-corrected chi connectivity index (χ1v) is 7.27. The van der Waals surface area contributed by atoms with E-state index < -0.39 is 0 Å². The number of hydrogen-bond donors (Lipinski definition) is 2. The Bertz CT molecular complexity index is 762. The van der Waals surface area contributed by atoms with E-state index in [1.807, 2.05) is 56.3 Å². The van der Waals surface area contributed by atoms with Gasteiger partial charge in [-0.15, -0.1) is 0 Å². The highest BCUT2D eigenvalue weighted by Gasteiger charge is 2.15. The summed E-state index contributed by atoms with van der Waals surface area (Å²) in [7, 11) is 0. The van der Waals surface area contributed by atoms with Crippen LogP contribution in [0.25, 0.3) is 22.6 Å². The molecule has 0 aliphatic rings. The van der Waals surface area contributed by atoms with Crippen LogP contribution in [-0.4, -0.2) is 10.2 Å². The fourth-order valence-corrected chi connectivity index (χ4v) is 2.61. The number of phenolic OH excluding ortho intramolecular Hbond substituents is 2. The van der Waals surface area contributed by atoms with E-state index in [0.29, 0.717) is 16.9 Å². The molecule has 3 nitrogen and oxygen atoms in total. The summed E-state index contributed by atoms with van der Waals surface area (Å²) in [4.78, 5) is 0. The van der Waals surface area contributed by atoms with Crippen LogP contribution in [0.5, 0.6) is 11.5 Å². The Morgan fingerprint density at radius 3 is 1.86 bits per heavy atom. The zero-order valence-electron chi connectivity index (χ0n) is 12.6. The lowest BCUT2D eigenvalue weighted by atomic mass is 9.98. The maximum Gasteiger partial charge on any atom is 0.135 e. The van der Waals surface area contributed by atoms with E-state index in [0.717, 1.165) is 11.3 Å². The molecule has 2 N–H and O–H groups in total. The van der Waals surface area contributed by atoms with Crippen molar-refractivity contribution in [1.29, 1.82) is 0 Å². The zero-order chi connectivity index (χ0) is 15.7. The minimum Gasteiger partial charge on any atom is -0.507 e. The molecule has 2 aromatic carbocycles. The second-order valence-electron chi connectivity index (χ2n) is 5.61. The molecule has 3 aromatic rings. The normalized spacial score (nSPS) is 11.0. The molecule has 0 unspecified atom stereocenters. The molecular formula is C19H18O3. The van der Waals surface area contributed by atoms with Crippen molar-refractivity contribution >= 4 is 0 Å². The van der Waals surface area contributed by atoms with Crippen LogP contribution in [0.3, 0.4) is 0 Å². The molecule has 0 spiro atoms. The van der Waals surface area contributed by atoms with Gasteiger partial charge in [0.25, 0.3) is 0 Å². The molecule has 3 heteroatoms. The van der Waals surface area contributed by atoms with Gasteiger partial charge in [-0.1, -0.05) is 44.2 Å². The average Bonchev–Trinajstić information content (AvgIpc) is 2.97. The van der Waals surface area contributed by atoms with Crippen molar-refractivity contribution in [2.24, 2.45) is 0 Å². The van der Waals surface area contributed by atoms with Gasteiger partial charge >= 0.3 is 0 Å². The number of rotatable bonds is 3. The summed E-state index contributed by atoms with van der Waals surface area (Å²) in [5, 5.41) is 20.3. The van der Waals surface area contributed by atoms with Gasteiger partial charge in [0.05, 0.1) is 0 Å². The van der Waals surface area contributed by atoms with E-state index in [2.05, 4.69) is 0 Å². The maximum atomic E-state index is 10.1. The van der Waals surface area contributed by atoms with E-state index in [9.17, 15) is 10.2 Å². The van der Waals surface area contributed by atoms with Gasteiger partial charge in [0.15, 0.2) is 0 Å². The van der Waals surface area contributed by atoms with Gasteiger partial charge in [0, 0.05) is 16.7 Å². The molecule has 1 aromatic heterocycles. The molecule has 0 aliphatic carbocycles. The molecule has 3 rings (SSSR count). The van der Waals surface area contributed by atoms with Crippen molar-refractivity contribution in [2.75, 3.05) is 0 Å². The predicted octanol–water partition coefficient (Wildman–Crippen LogP) is 5.15. The van der Waals surface area contributed by atoms with Crippen molar-refractivity contribution < 1.29 is 14.6 Å². The van der Waals surface area contributed by atoms with Crippen molar-refractivity contribution in [3.8, 4) is 34.1 Å². The van der Waals surface area contributed by atoms with E-state index in [1.165, 1.54) is 0 Å². The van der Waals surface area contributed by atoms with Gasteiger partial charge in [-0.3, -0.25) is 0 Å². The molecule has 1 heterocycles. The fourth-order valence-electron chi connectivity index (χ4n) is 2.61. The Kier molecular flexibility index (Phi) is 3.63. The molecule has 0 bridgehead atoms. The number of benzene rings is 2. The molecule has 0 saturated heterocycles. The van der Waals surface area contributed by atoms with Crippen LogP contribution in [0.2, 0.25) is 0 Å². The van der Waals surface area contributed by atoms with Gasteiger partial charge in [0.1, 0.15) is 23.0 Å². The molecule has 0 amide bonds. The Balaban J connectivity index is 2.01. The van der Waals surface area contributed by atoms with Crippen LogP contribution in [0, 0.1) is 0 Å². The Labute approximate surface area is 129 Å². The minimum absolute atomic E-state index is 0.0468. The lowest BCUT2D eigenvalue weighted by Crippen LogP contribution is -1.90. The van der Waals surface area contributed by atoms with Gasteiger partial charge in [-0.25, -0.2) is 0 Å². The van der Waals surface area contributed by atoms with Gasteiger partial charge < -0.3 is 14.6 Å². The predicted molar refractivity (Wildman–Crippen MR) is 87.0 cm³/mol. The third-order valence-corrected chi connectivity index (χ3v) is 3.66. The summed E-state index contributed by atoms with van der Waals surface area (Å²) in [6.45, 7) is 3.85. The van der Waals surface area contributed by atoms with Crippen molar-refractivity contribution in [3.63, 3.8) is 0 Å². The maximum absolute atomic E-state index is 10.1. The highest BCUT2D eigenvalue weighted by Crippen LogP contribution is 2.39. The topological polar surface area (TPSA) is 53.6 Å². The highest BCUT2D eigenvalue weighted by atomic mass is 16.3. The molecule has 22 heavy (non-hydrogen) atoms. The van der Waals surface area contributed by atoms with E-state index in [4.69, 9.17) is 4.42 Å². The van der Waals surface area contributed by atoms with E-state index in [-0.39, 0.29) is 17.4 Å². The van der Waals surface area contributed by atoms with Crippen LogP contribution < -0.4 is 0 Å². The van der Waals surface area contributed by atoms with Crippen LogP contribution in [0.4, 0.5) is 0 Å². The number of phenols is 2. The Morgan fingerprint density at radius 2 is 1.32 bits per heavy atom. The summed E-state index contributed by atoms with van der Waals surface area (Å²) in [5.74, 6) is 1.58. The first-order chi connectivity index (χ1) is 10.6. The minimum atomic E-state index is 0.0468. The molecule has 0 aliphatic heterocycles. The van der Waals surface area contributed by atoms with Crippen molar-refractivity contribution in [2.45, 2.75) is 19.8 Å². The summed E-state index contributed by atoms with van der Waals surface area (Å²) < 4.78 is 5.84. The smallest absolute Gasteiger partial charge is 0.135 e. The highest BCUT2D eigenvalue weighted by molar-refractivity contribution is 5.68. The Hall–Kier alpha value is -2.68. The standard InChI is InChI=1S/C19H18O3/c1-12(2)19-15(20)10-14(11-16(19)21)18-9-8-17(22-18)13-6-4-3-5-7-13/h3-12,20-21H,1-2H3. The van der Waals surface area contributed by atoms with Gasteiger partial charge in [-0.05, 0) is 30.2 Å². The fraction of sp³-hybridized carbons (Fsp3) is 0.158. The monoisotopic (exact) mass is 294 g/mol. The zero-order valence-corrected chi connectivity index (χ0v) is 12.6. The third-order valence-electron chi connectivity index (χ3n) is 3.66. The van der Waals surface area contributed by atoms with Crippen LogP contribution in [0.15, 0.2) is 59.0 Å². The van der Waals surface area contributed by atoms with Gasteiger partial charge in [0.2, 0.25) is 0 Å². The first-order valence-electron chi connectivity index (χ1n) is 7.27. The molecular weight excluding hydrogens is 276 g/mol. The Morgan fingerprint density at radius 1 is 0.773 bits per heavy atom. The summed E-state index contributed by atoms with van der Waals surface area (Å²) in [5.41, 5.74) is 2.20. The number of aromatic hydroxyl groups is 2. The quantitative estimate of drug-likeness (QED) is 0.702. The van der Waals surface area contributed by atoms with Crippen LogP contribution >= 0.6 is 0 Å². The molecule has 0 radical (unpaired) electrons. The molecule has 0 saturated carbocycles. The largest absolute Gasteiger partial charge is 0.507 e. The first kappa shape index (κ1) is 14.3. The number of furan rings is 1. The van der Waals surface area contributed by atoms with Crippen molar-refractivity contribution in [3.05, 3.63) is 60.2 Å². The van der Waals surface area contributed by atoms with Crippen molar-refractivity contribution in [1.82, 2.24) is 0 Å². The average molecular weight is 294 g/mol. The van der Waals surface area contributed by atoms with Crippen LogP contribution in [0.1, 0.15) is 25.3 Å². The molecule has 0 atom stereocenters.